The van der Waals surface area contributed by atoms with Crippen LogP contribution in [-0.4, -0.2) is 36.9 Å². The highest BCUT2D eigenvalue weighted by molar-refractivity contribution is 7.89. The van der Waals surface area contributed by atoms with Gasteiger partial charge in [0.2, 0.25) is 15.9 Å². The predicted octanol–water partition coefficient (Wildman–Crippen LogP) is 5.77. The van der Waals surface area contributed by atoms with Crippen molar-refractivity contribution in [2.24, 2.45) is 5.92 Å². The molecule has 3 aromatic rings. The Hall–Kier alpha value is -2.94. The highest BCUT2D eigenvalue weighted by Gasteiger charge is 2.37. The number of anilines is 1. The van der Waals surface area contributed by atoms with Gasteiger partial charge in [-0.1, -0.05) is 46.6 Å². The summed E-state index contributed by atoms with van der Waals surface area (Å²) in [5.41, 5.74) is 5.23. The van der Waals surface area contributed by atoms with Crippen molar-refractivity contribution in [3.05, 3.63) is 75.1 Å². The number of sulfonamides is 1. The van der Waals surface area contributed by atoms with E-state index < -0.39 is 15.9 Å². The third kappa shape index (κ3) is 5.56. The lowest BCUT2D eigenvalue weighted by molar-refractivity contribution is -0.120. The molecule has 1 saturated heterocycles. The van der Waals surface area contributed by atoms with Crippen LogP contribution in [0.15, 0.2) is 45.8 Å². The van der Waals surface area contributed by atoms with Gasteiger partial charge in [0, 0.05) is 23.8 Å². The van der Waals surface area contributed by atoms with Gasteiger partial charge in [0.25, 0.3) is 0 Å². The van der Waals surface area contributed by atoms with Crippen LogP contribution in [0.1, 0.15) is 46.5 Å². The Morgan fingerprint density at radius 2 is 1.86 bits per heavy atom. The molecule has 36 heavy (non-hydrogen) atoms. The van der Waals surface area contributed by atoms with E-state index in [2.05, 4.69) is 22.6 Å². The summed E-state index contributed by atoms with van der Waals surface area (Å²) in [6, 6.07) is 11.0. The van der Waals surface area contributed by atoms with Gasteiger partial charge >= 0.3 is 0 Å². The van der Waals surface area contributed by atoms with Gasteiger partial charge in [0.15, 0.2) is 10.7 Å². The van der Waals surface area contributed by atoms with Gasteiger partial charge in [-0.3, -0.25) is 4.79 Å². The molecule has 1 aliphatic heterocycles. The molecular formula is C27H30ClN3O4S. The summed E-state index contributed by atoms with van der Waals surface area (Å²) in [6.07, 6.45) is 4.69. The number of amides is 1. The van der Waals surface area contributed by atoms with Gasteiger partial charge in [0.1, 0.15) is 5.69 Å². The molecule has 1 atom stereocenters. The number of hydrogen-bond acceptors (Lipinski definition) is 5. The second-order valence-electron chi connectivity index (χ2n) is 9.31. The van der Waals surface area contributed by atoms with E-state index in [1.165, 1.54) is 9.87 Å². The lowest BCUT2D eigenvalue weighted by Gasteiger charge is -2.31. The second kappa shape index (κ2) is 10.6. The van der Waals surface area contributed by atoms with Gasteiger partial charge in [-0.05, 0) is 81.5 Å². The number of aryl methyl sites for hydroxylation is 4. The van der Waals surface area contributed by atoms with Crippen LogP contribution in [0.2, 0.25) is 5.02 Å². The van der Waals surface area contributed by atoms with E-state index in [0.29, 0.717) is 30.1 Å². The fraction of sp³-hybridized carbons (Fsp3) is 0.333. The number of piperidine rings is 1. The van der Waals surface area contributed by atoms with Crippen molar-refractivity contribution in [2.75, 3.05) is 18.4 Å². The first kappa shape index (κ1) is 26.1. The van der Waals surface area contributed by atoms with Gasteiger partial charge in [-0.2, -0.15) is 4.31 Å². The Labute approximate surface area is 217 Å². The number of benzene rings is 2. The van der Waals surface area contributed by atoms with Crippen LogP contribution in [0.25, 0.3) is 12.2 Å². The Morgan fingerprint density at radius 3 is 2.56 bits per heavy atom. The van der Waals surface area contributed by atoms with Crippen molar-refractivity contribution in [2.45, 2.75) is 45.4 Å². The van der Waals surface area contributed by atoms with Gasteiger partial charge < -0.3 is 9.84 Å². The predicted molar refractivity (Wildman–Crippen MR) is 142 cm³/mol. The summed E-state index contributed by atoms with van der Waals surface area (Å²) < 4.78 is 34.2. The maximum absolute atomic E-state index is 13.7. The number of nitrogens with zero attached hydrogens (tertiary/aromatic N) is 2. The third-order valence-electron chi connectivity index (χ3n) is 6.42. The quantitative estimate of drug-likeness (QED) is 0.439. The molecule has 1 fully saturated rings. The van der Waals surface area contributed by atoms with Gasteiger partial charge in [0.05, 0.1) is 5.92 Å². The number of carbonyl (C=O) groups excluding carboxylic acids is 1. The molecule has 1 aromatic heterocycles. The zero-order chi connectivity index (χ0) is 26.0. The van der Waals surface area contributed by atoms with Gasteiger partial charge in [-0.25, -0.2) is 8.42 Å². The first-order valence-corrected chi connectivity index (χ1v) is 13.7. The topological polar surface area (TPSA) is 92.5 Å². The fourth-order valence-electron chi connectivity index (χ4n) is 4.73. The molecule has 1 amide bonds. The molecule has 0 spiro atoms. The van der Waals surface area contributed by atoms with Crippen molar-refractivity contribution in [1.82, 2.24) is 9.46 Å². The molecule has 0 bridgehead atoms. The van der Waals surface area contributed by atoms with Crippen molar-refractivity contribution in [1.29, 1.82) is 0 Å². The molecular weight excluding hydrogens is 498 g/mol. The van der Waals surface area contributed by atoms with Crippen LogP contribution in [0, 0.1) is 33.6 Å². The van der Waals surface area contributed by atoms with Crippen LogP contribution < -0.4 is 5.32 Å². The molecule has 2 aromatic carbocycles. The Morgan fingerprint density at radius 1 is 1.14 bits per heavy atom. The summed E-state index contributed by atoms with van der Waals surface area (Å²) in [4.78, 5) is 12.9. The first-order valence-electron chi connectivity index (χ1n) is 11.8. The molecule has 2 heterocycles. The summed E-state index contributed by atoms with van der Waals surface area (Å²) in [5.74, 6) is -0.536. The molecule has 0 saturated carbocycles. The monoisotopic (exact) mass is 527 g/mol. The average Bonchev–Trinajstić information content (AvgIpc) is 3.19. The first-order chi connectivity index (χ1) is 17.1. The van der Waals surface area contributed by atoms with Gasteiger partial charge in [-0.15, -0.1) is 0 Å². The standard InChI is InChI=1S/C27H30ClN3O4S/c1-17-13-18(2)24(19(3)14-17)10-11-25-26(20(4)30-35-25)36(33,34)31-12-6-7-21(16-31)27(32)29-23-9-5-8-22(28)15-23/h5,8-11,13-15,21H,6-7,12,16H2,1-4H3,(H,29,32). The molecule has 7 nitrogen and oxygen atoms in total. The molecule has 4 rings (SSSR count). The molecule has 1 N–H and O–H groups in total. The van der Waals surface area contributed by atoms with E-state index in [4.69, 9.17) is 16.1 Å². The smallest absolute Gasteiger partial charge is 0.248 e. The lowest BCUT2D eigenvalue weighted by Crippen LogP contribution is -2.43. The molecule has 0 aliphatic carbocycles. The summed E-state index contributed by atoms with van der Waals surface area (Å²) >= 11 is 6.01. The maximum Gasteiger partial charge on any atom is 0.248 e. The molecule has 190 valence electrons. The van der Waals surface area contributed by atoms with E-state index in [-0.39, 0.29) is 28.8 Å². The number of nitrogens with one attached hydrogen (secondary N) is 1. The summed E-state index contributed by atoms with van der Waals surface area (Å²) in [6.45, 7) is 8.10. The van der Waals surface area contributed by atoms with Crippen LogP contribution in [0.5, 0.6) is 0 Å². The van der Waals surface area contributed by atoms with E-state index in [1.807, 2.05) is 26.8 Å². The molecule has 1 aliphatic rings. The van der Waals surface area contributed by atoms with Crippen molar-refractivity contribution in [3.63, 3.8) is 0 Å². The highest BCUT2D eigenvalue weighted by Crippen LogP contribution is 2.30. The normalized spacial score (nSPS) is 17.0. The van der Waals surface area contributed by atoms with Crippen molar-refractivity contribution >= 4 is 45.4 Å². The number of hydrogen-bond donors (Lipinski definition) is 1. The van der Waals surface area contributed by atoms with E-state index in [9.17, 15) is 13.2 Å². The minimum Gasteiger partial charge on any atom is -0.355 e. The lowest BCUT2D eigenvalue weighted by atomic mass is 9.99. The number of halogens is 1. The van der Waals surface area contributed by atoms with E-state index in [1.54, 1.807) is 37.3 Å². The number of rotatable bonds is 6. The minimum absolute atomic E-state index is 0.0390. The zero-order valence-electron chi connectivity index (χ0n) is 20.8. The van der Waals surface area contributed by atoms with E-state index in [0.717, 1.165) is 16.7 Å². The van der Waals surface area contributed by atoms with Crippen molar-refractivity contribution < 1.29 is 17.7 Å². The van der Waals surface area contributed by atoms with Crippen LogP contribution in [0.3, 0.4) is 0 Å². The largest absolute Gasteiger partial charge is 0.355 e. The maximum atomic E-state index is 13.7. The fourth-order valence-corrected chi connectivity index (χ4v) is 6.69. The Balaban J connectivity index is 1.56. The van der Waals surface area contributed by atoms with Crippen LogP contribution in [-0.2, 0) is 14.8 Å². The molecule has 0 radical (unpaired) electrons. The Kier molecular flexibility index (Phi) is 7.68. The number of aromatic nitrogens is 1. The molecule has 1 unspecified atom stereocenters. The van der Waals surface area contributed by atoms with Crippen molar-refractivity contribution in [3.8, 4) is 0 Å². The van der Waals surface area contributed by atoms with Crippen LogP contribution in [0.4, 0.5) is 5.69 Å². The SMILES string of the molecule is Cc1cc(C)c(C=Cc2onc(C)c2S(=O)(=O)N2CCCC(C(=O)Nc3cccc(Cl)c3)C2)c(C)c1. The highest BCUT2D eigenvalue weighted by atomic mass is 35.5. The third-order valence-corrected chi connectivity index (χ3v) is 8.68. The average molecular weight is 528 g/mol. The second-order valence-corrected chi connectivity index (χ2v) is 11.6. The zero-order valence-corrected chi connectivity index (χ0v) is 22.4. The van der Waals surface area contributed by atoms with Crippen LogP contribution >= 0.6 is 11.6 Å². The summed E-state index contributed by atoms with van der Waals surface area (Å²) in [7, 11) is -3.93. The van der Waals surface area contributed by atoms with E-state index >= 15 is 0 Å². The minimum atomic E-state index is -3.93. The number of carbonyl (C=O) groups is 1. The summed E-state index contributed by atoms with van der Waals surface area (Å²) in [5, 5.41) is 7.31. The Bertz CT molecular complexity index is 1410. The molecule has 9 heteroatoms.